The van der Waals surface area contributed by atoms with Crippen molar-refractivity contribution in [1.29, 1.82) is 0 Å². The van der Waals surface area contributed by atoms with Gasteiger partial charge in [0.1, 0.15) is 0 Å². The second kappa shape index (κ2) is 7.56. The lowest BCUT2D eigenvalue weighted by molar-refractivity contribution is 0.615. The van der Waals surface area contributed by atoms with E-state index in [4.69, 9.17) is 10.7 Å². The number of fused-ring (bicyclic) bond motifs is 1. The second-order valence-electron chi connectivity index (χ2n) is 7.28. The van der Waals surface area contributed by atoms with E-state index in [-0.39, 0.29) is 6.04 Å². The highest BCUT2D eigenvalue weighted by Crippen LogP contribution is 2.26. The molecular formula is C19H23BrN6O2. The van der Waals surface area contributed by atoms with Crippen LogP contribution in [0.1, 0.15) is 24.8 Å². The second-order valence-corrected chi connectivity index (χ2v) is 8.14. The number of nitrogens with two attached hydrogens (primary N) is 1. The standard InChI is InChI=1S/C19H23BrN6O2/c1-24-16-15(17(27)23-19(24)28)26(10-12-6-2-3-8-14(12)20)18(22-16)25-9-5-4-7-13(21)11-25/h2-3,6,8,13H,4-5,7,9-11,21H2,1H3,(H,23,27,28). The Morgan fingerprint density at radius 3 is 2.86 bits per heavy atom. The van der Waals surface area contributed by atoms with E-state index in [0.717, 1.165) is 35.8 Å². The Morgan fingerprint density at radius 1 is 1.29 bits per heavy atom. The third kappa shape index (κ3) is 3.40. The molecule has 4 rings (SSSR count). The van der Waals surface area contributed by atoms with Gasteiger partial charge in [-0.05, 0) is 24.5 Å². The van der Waals surface area contributed by atoms with Crippen molar-refractivity contribution >= 4 is 33.0 Å². The van der Waals surface area contributed by atoms with Gasteiger partial charge in [-0.3, -0.25) is 18.9 Å². The number of halogens is 1. The van der Waals surface area contributed by atoms with Gasteiger partial charge in [-0.2, -0.15) is 4.98 Å². The summed E-state index contributed by atoms with van der Waals surface area (Å²) in [6.07, 6.45) is 3.06. The zero-order valence-corrected chi connectivity index (χ0v) is 17.3. The minimum absolute atomic E-state index is 0.0568. The number of benzene rings is 1. The first-order valence-electron chi connectivity index (χ1n) is 9.39. The third-order valence-electron chi connectivity index (χ3n) is 5.26. The zero-order valence-electron chi connectivity index (χ0n) is 15.7. The molecule has 28 heavy (non-hydrogen) atoms. The zero-order chi connectivity index (χ0) is 19.8. The molecule has 3 heterocycles. The van der Waals surface area contributed by atoms with Crippen LogP contribution in [0.5, 0.6) is 0 Å². The van der Waals surface area contributed by atoms with Gasteiger partial charge in [0.15, 0.2) is 11.2 Å². The molecule has 0 radical (unpaired) electrons. The van der Waals surface area contributed by atoms with E-state index in [1.54, 1.807) is 7.05 Å². The van der Waals surface area contributed by atoms with Gasteiger partial charge in [-0.1, -0.05) is 40.5 Å². The first kappa shape index (κ1) is 18.9. The maximum Gasteiger partial charge on any atom is 0.329 e. The maximum atomic E-state index is 12.7. The van der Waals surface area contributed by atoms with E-state index >= 15 is 0 Å². The van der Waals surface area contributed by atoms with E-state index in [1.165, 1.54) is 4.57 Å². The number of aromatic amines is 1. The van der Waals surface area contributed by atoms with Gasteiger partial charge in [0.25, 0.3) is 5.56 Å². The minimum atomic E-state index is -0.470. The highest BCUT2D eigenvalue weighted by Gasteiger charge is 2.24. The Hall–Kier alpha value is -2.39. The van der Waals surface area contributed by atoms with Crippen LogP contribution in [0.2, 0.25) is 0 Å². The molecule has 3 N–H and O–H groups in total. The third-order valence-corrected chi connectivity index (χ3v) is 6.04. The maximum absolute atomic E-state index is 12.7. The van der Waals surface area contributed by atoms with Crippen LogP contribution < -0.4 is 21.9 Å². The summed E-state index contributed by atoms with van der Waals surface area (Å²) in [5, 5.41) is 0. The summed E-state index contributed by atoms with van der Waals surface area (Å²) in [6, 6.07) is 7.94. The lowest BCUT2D eigenvalue weighted by Crippen LogP contribution is -2.37. The van der Waals surface area contributed by atoms with Gasteiger partial charge in [-0.15, -0.1) is 0 Å². The fourth-order valence-corrected chi connectivity index (χ4v) is 4.18. The number of aromatic nitrogens is 4. The van der Waals surface area contributed by atoms with Crippen LogP contribution in [0.3, 0.4) is 0 Å². The number of H-pyrrole nitrogens is 1. The van der Waals surface area contributed by atoms with Gasteiger partial charge in [-0.25, -0.2) is 4.79 Å². The summed E-state index contributed by atoms with van der Waals surface area (Å²) in [6.45, 7) is 1.95. The Morgan fingerprint density at radius 2 is 2.07 bits per heavy atom. The van der Waals surface area contributed by atoms with Gasteiger partial charge in [0.2, 0.25) is 5.95 Å². The van der Waals surface area contributed by atoms with E-state index in [9.17, 15) is 9.59 Å². The number of hydrogen-bond acceptors (Lipinski definition) is 5. The molecule has 0 amide bonds. The smallest absolute Gasteiger partial charge is 0.329 e. The van der Waals surface area contributed by atoms with Crippen molar-refractivity contribution in [2.45, 2.75) is 31.8 Å². The molecule has 0 saturated carbocycles. The largest absolute Gasteiger partial charge is 0.341 e. The molecule has 1 unspecified atom stereocenters. The summed E-state index contributed by atoms with van der Waals surface area (Å²) in [5.74, 6) is 0.676. The van der Waals surface area contributed by atoms with Crippen molar-refractivity contribution in [3.05, 3.63) is 55.1 Å². The number of nitrogens with zero attached hydrogens (tertiary/aromatic N) is 4. The van der Waals surface area contributed by atoms with Crippen LogP contribution in [0, 0.1) is 0 Å². The molecule has 1 saturated heterocycles. The fraction of sp³-hybridized carbons (Fsp3) is 0.421. The van der Waals surface area contributed by atoms with Gasteiger partial charge < -0.3 is 10.6 Å². The summed E-state index contributed by atoms with van der Waals surface area (Å²) in [5.41, 5.74) is 7.16. The van der Waals surface area contributed by atoms with Crippen molar-refractivity contribution in [2.75, 3.05) is 18.0 Å². The van der Waals surface area contributed by atoms with Crippen LogP contribution >= 0.6 is 15.9 Å². The van der Waals surface area contributed by atoms with E-state index in [1.807, 2.05) is 28.8 Å². The Kier molecular flexibility index (Phi) is 5.11. The highest BCUT2D eigenvalue weighted by atomic mass is 79.9. The van der Waals surface area contributed by atoms with E-state index in [0.29, 0.717) is 30.2 Å². The van der Waals surface area contributed by atoms with Crippen LogP contribution in [0.25, 0.3) is 11.2 Å². The van der Waals surface area contributed by atoms with Crippen molar-refractivity contribution < 1.29 is 0 Å². The number of nitrogens with one attached hydrogen (secondary N) is 1. The molecule has 1 aliphatic heterocycles. The first-order valence-corrected chi connectivity index (χ1v) is 10.2. The number of rotatable bonds is 3. The average Bonchev–Trinajstić information content (AvgIpc) is 2.90. The van der Waals surface area contributed by atoms with Gasteiger partial charge in [0.05, 0.1) is 6.54 Å². The molecule has 9 heteroatoms. The summed E-state index contributed by atoms with van der Waals surface area (Å²) in [4.78, 5) is 34.0. The number of hydrogen-bond donors (Lipinski definition) is 2. The molecule has 0 bridgehead atoms. The highest BCUT2D eigenvalue weighted by molar-refractivity contribution is 9.10. The summed E-state index contributed by atoms with van der Waals surface area (Å²) >= 11 is 3.58. The first-order chi connectivity index (χ1) is 13.5. The minimum Gasteiger partial charge on any atom is -0.341 e. The summed E-state index contributed by atoms with van der Waals surface area (Å²) < 4.78 is 4.23. The van der Waals surface area contributed by atoms with Crippen molar-refractivity contribution in [2.24, 2.45) is 12.8 Å². The molecule has 148 valence electrons. The molecule has 0 aliphatic carbocycles. The Labute approximate surface area is 170 Å². The van der Waals surface area contributed by atoms with Gasteiger partial charge >= 0.3 is 5.69 Å². The van der Waals surface area contributed by atoms with E-state index < -0.39 is 11.2 Å². The monoisotopic (exact) mass is 446 g/mol. The molecule has 1 aromatic carbocycles. The van der Waals surface area contributed by atoms with Crippen LogP contribution in [-0.2, 0) is 13.6 Å². The average molecular weight is 447 g/mol. The molecule has 0 spiro atoms. The molecule has 1 aliphatic rings. The quantitative estimate of drug-likeness (QED) is 0.635. The number of anilines is 1. The molecule has 1 fully saturated rings. The SMILES string of the molecule is Cn1c(=O)[nH]c(=O)c2c1nc(N1CCCCC(N)C1)n2Cc1ccccc1Br. The van der Waals surface area contributed by atoms with Crippen molar-refractivity contribution in [3.8, 4) is 0 Å². The topological polar surface area (TPSA) is 102 Å². The lowest BCUT2D eigenvalue weighted by atomic mass is 10.2. The molecule has 3 aromatic rings. The molecule has 8 nitrogen and oxygen atoms in total. The molecule has 1 atom stereocenters. The summed E-state index contributed by atoms with van der Waals surface area (Å²) in [7, 11) is 1.62. The van der Waals surface area contributed by atoms with E-state index in [2.05, 4.69) is 25.8 Å². The normalized spacial score (nSPS) is 17.8. The van der Waals surface area contributed by atoms with Crippen molar-refractivity contribution in [3.63, 3.8) is 0 Å². The predicted molar refractivity (Wildman–Crippen MR) is 113 cm³/mol. The molecular weight excluding hydrogens is 424 g/mol. The Bertz CT molecular complexity index is 1130. The van der Waals surface area contributed by atoms with Gasteiger partial charge in [0, 0.05) is 30.7 Å². The number of aryl methyl sites for hydroxylation is 1. The fourth-order valence-electron chi connectivity index (χ4n) is 3.77. The van der Waals surface area contributed by atoms with Crippen LogP contribution in [0.4, 0.5) is 5.95 Å². The lowest BCUT2D eigenvalue weighted by Gasteiger charge is -2.24. The van der Waals surface area contributed by atoms with Crippen molar-refractivity contribution in [1.82, 2.24) is 19.1 Å². The molecule has 2 aromatic heterocycles. The predicted octanol–water partition coefficient (Wildman–Crippen LogP) is 1.55. The van der Waals surface area contributed by atoms with Crippen LogP contribution in [-0.4, -0.2) is 38.2 Å². The van der Waals surface area contributed by atoms with Crippen LogP contribution in [0.15, 0.2) is 38.3 Å². The Balaban J connectivity index is 1.94. The number of imidazole rings is 1.